The summed E-state index contributed by atoms with van der Waals surface area (Å²) in [5.41, 5.74) is 4.95. The number of benzene rings is 1. The molecule has 0 saturated carbocycles. The van der Waals surface area contributed by atoms with Crippen LogP contribution in [0.2, 0.25) is 0 Å². The second-order valence-corrected chi connectivity index (χ2v) is 3.91. The van der Waals surface area contributed by atoms with Gasteiger partial charge in [-0.3, -0.25) is 0 Å². The van der Waals surface area contributed by atoms with Gasteiger partial charge in [-0.1, -0.05) is 11.6 Å². The third kappa shape index (κ3) is 1.73. The number of H-pyrrole nitrogens is 1. The first-order valence-corrected chi connectivity index (χ1v) is 5.13. The Hall–Kier alpha value is -1.75. The fraction of sp³-hybridized carbons (Fsp3) is 0.308. The molecule has 0 aliphatic heterocycles. The van der Waals surface area contributed by atoms with Crippen molar-refractivity contribution in [2.45, 2.75) is 20.3 Å². The SMILES string of the molecule is [C-]#[N+]CCc1[nH]c2ccc(C)cc2c1C. The average molecular weight is 198 g/mol. The molecule has 2 rings (SSSR count). The summed E-state index contributed by atoms with van der Waals surface area (Å²) in [5.74, 6) is 0. The van der Waals surface area contributed by atoms with Crippen LogP contribution in [0.4, 0.5) is 0 Å². The predicted octanol–water partition coefficient (Wildman–Crippen LogP) is 3.25. The first-order valence-electron chi connectivity index (χ1n) is 5.13. The van der Waals surface area contributed by atoms with E-state index in [1.807, 2.05) is 0 Å². The van der Waals surface area contributed by atoms with Crippen LogP contribution in [-0.4, -0.2) is 11.5 Å². The van der Waals surface area contributed by atoms with Gasteiger partial charge in [-0.05, 0) is 31.5 Å². The van der Waals surface area contributed by atoms with Crippen molar-refractivity contribution in [2.75, 3.05) is 6.54 Å². The molecule has 0 atom stereocenters. The van der Waals surface area contributed by atoms with E-state index in [1.165, 1.54) is 27.7 Å². The Labute approximate surface area is 89.7 Å². The van der Waals surface area contributed by atoms with Crippen molar-refractivity contribution in [3.05, 3.63) is 46.4 Å². The predicted molar refractivity (Wildman–Crippen MR) is 62.9 cm³/mol. The van der Waals surface area contributed by atoms with Gasteiger partial charge in [0.1, 0.15) is 0 Å². The minimum Gasteiger partial charge on any atom is -0.358 e. The van der Waals surface area contributed by atoms with E-state index in [0.29, 0.717) is 6.54 Å². The molecule has 1 aromatic carbocycles. The Morgan fingerprint density at radius 2 is 2.13 bits per heavy atom. The summed E-state index contributed by atoms with van der Waals surface area (Å²) in [6.07, 6.45) is 0.822. The number of fused-ring (bicyclic) bond motifs is 1. The van der Waals surface area contributed by atoms with Crippen molar-refractivity contribution in [3.63, 3.8) is 0 Å². The van der Waals surface area contributed by atoms with E-state index < -0.39 is 0 Å². The molecule has 76 valence electrons. The molecule has 0 fully saturated rings. The van der Waals surface area contributed by atoms with Crippen LogP contribution >= 0.6 is 0 Å². The lowest BCUT2D eigenvalue weighted by Gasteiger charge is -1.94. The number of nitrogens with zero attached hydrogens (tertiary/aromatic N) is 1. The molecule has 2 nitrogen and oxygen atoms in total. The molecular weight excluding hydrogens is 184 g/mol. The Morgan fingerprint density at radius 1 is 1.33 bits per heavy atom. The van der Waals surface area contributed by atoms with Gasteiger partial charge < -0.3 is 9.83 Å². The number of hydrogen-bond donors (Lipinski definition) is 1. The Kier molecular flexibility index (Phi) is 2.47. The van der Waals surface area contributed by atoms with E-state index in [1.54, 1.807) is 0 Å². The van der Waals surface area contributed by atoms with Crippen LogP contribution < -0.4 is 0 Å². The molecule has 0 radical (unpaired) electrons. The zero-order valence-corrected chi connectivity index (χ0v) is 9.09. The molecule has 1 N–H and O–H groups in total. The van der Waals surface area contributed by atoms with Crippen molar-refractivity contribution in [2.24, 2.45) is 0 Å². The largest absolute Gasteiger partial charge is 0.358 e. The molecule has 0 spiro atoms. The maximum Gasteiger partial charge on any atom is 0.220 e. The van der Waals surface area contributed by atoms with Crippen molar-refractivity contribution in [3.8, 4) is 0 Å². The quantitative estimate of drug-likeness (QED) is 0.715. The summed E-state index contributed by atoms with van der Waals surface area (Å²) in [7, 11) is 0. The summed E-state index contributed by atoms with van der Waals surface area (Å²) in [6.45, 7) is 11.6. The number of hydrogen-bond acceptors (Lipinski definition) is 0. The van der Waals surface area contributed by atoms with Gasteiger partial charge >= 0.3 is 0 Å². The van der Waals surface area contributed by atoms with E-state index in [4.69, 9.17) is 6.57 Å². The molecule has 0 saturated heterocycles. The summed E-state index contributed by atoms with van der Waals surface area (Å²) >= 11 is 0. The zero-order valence-electron chi connectivity index (χ0n) is 9.09. The van der Waals surface area contributed by atoms with Gasteiger partial charge in [0.05, 0.1) is 6.42 Å². The van der Waals surface area contributed by atoms with E-state index in [0.717, 1.165) is 6.42 Å². The Balaban J connectivity index is 2.50. The molecule has 1 heterocycles. The smallest absolute Gasteiger partial charge is 0.220 e. The molecule has 2 heteroatoms. The highest BCUT2D eigenvalue weighted by molar-refractivity contribution is 5.85. The summed E-state index contributed by atoms with van der Waals surface area (Å²) in [6, 6.07) is 6.42. The number of rotatable bonds is 2. The van der Waals surface area contributed by atoms with Gasteiger partial charge in [0.25, 0.3) is 0 Å². The van der Waals surface area contributed by atoms with Crippen LogP contribution in [0.1, 0.15) is 16.8 Å². The second-order valence-electron chi connectivity index (χ2n) is 3.91. The summed E-state index contributed by atoms with van der Waals surface area (Å²) in [4.78, 5) is 6.77. The molecule has 0 unspecified atom stereocenters. The highest BCUT2D eigenvalue weighted by Crippen LogP contribution is 2.23. The van der Waals surface area contributed by atoms with Crippen LogP contribution in [0.3, 0.4) is 0 Å². The number of aryl methyl sites for hydroxylation is 2. The summed E-state index contributed by atoms with van der Waals surface area (Å²) in [5, 5.41) is 1.29. The molecule has 0 aliphatic carbocycles. The van der Waals surface area contributed by atoms with Gasteiger partial charge in [0, 0.05) is 16.6 Å². The van der Waals surface area contributed by atoms with Crippen molar-refractivity contribution in [1.82, 2.24) is 4.98 Å². The normalized spacial score (nSPS) is 10.5. The molecule has 0 amide bonds. The van der Waals surface area contributed by atoms with E-state index in [9.17, 15) is 0 Å². The van der Waals surface area contributed by atoms with Gasteiger partial charge in [-0.25, -0.2) is 6.57 Å². The maximum absolute atomic E-state index is 6.80. The topological polar surface area (TPSA) is 20.1 Å². The first-order chi connectivity index (χ1) is 7.22. The molecular formula is C13H14N2. The van der Waals surface area contributed by atoms with E-state index >= 15 is 0 Å². The second kappa shape index (κ2) is 3.78. The fourth-order valence-electron chi connectivity index (χ4n) is 1.91. The fourth-order valence-corrected chi connectivity index (χ4v) is 1.91. The van der Waals surface area contributed by atoms with Crippen molar-refractivity contribution < 1.29 is 0 Å². The molecule has 15 heavy (non-hydrogen) atoms. The monoisotopic (exact) mass is 198 g/mol. The lowest BCUT2D eigenvalue weighted by atomic mass is 10.1. The van der Waals surface area contributed by atoms with Gasteiger partial charge in [0.15, 0.2) is 0 Å². The van der Waals surface area contributed by atoms with E-state index in [-0.39, 0.29) is 0 Å². The molecule has 1 aromatic heterocycles. The minimum atomic E-state index is 0.562. The van der Waals surface area contributed by atoms with Crippen LogP contribution in [0, 0.1) is 20.4 Å². The Morgan fingerprint density at radius 3 is 2.87 bits per heavy atom. The van der Waals surface area contributed by atoms with Gasteiger partial charge in [-0.15, -0.1) is 0 Å². The lowest BCUT2D eigenvalue weighted by molar-refractivity contribution is 1.01. The lowest BCUT2D eigenvalue weighted by Crippen LogP contribution is -1.89. The van der Waals surface area contributed by atoms with Crippen LogP contribution in [0.25, 0.3) is 15.7 Å². The third-order valence-electron chi connectivity index (χ3n) is 2.79. The molecule has 2 aromatic rings. The highest BCUT2D eigenvalue weighted by atomic mass is 14.7. The van der Waals surface area contributed by atoms with Crippen LogP contribution in [-0.2, 0) is 6.42 Å². The number of aromatic nitrogens is 1. The molecule has 0 aliphatic rings. The first kappa shape index (κ1) is 9.79. The standard InChI is InChI=1S/C13H14N2/c1-9-4-5-13-11(8-9)10(2)12(15-13)6-7-14-3/h4-5,8,15H,6-7H2,1-2H3. The van der Waals surface area contributed by atoms with Gasteiger partial charge in [-0.2, -0.15) is 0 Å². The molecule has 0 bridgehead atoms. The van der Waals surface area contributed by atoms with Crippen LogP contribution in [0.5, 0.6) is 0 Å². The minimum absolute atomic E-state index is 0.562. The van der Waals surface area contributed by atoms with Crippen molar-refractivity contribution >= 4 is 10.9 Å². The zero-order chi connectivity index (χ0) is 10.8. The number of nitrogens with one attached hydrogen (secondary N) is 1. The van der Waals surface area contributed by atoms with Crippen LogP contribution in [0.15, 0.2) is 18.2 Å². The van der Waals surface area contributed by atoms with Gasteiger partial charge in [0.2, 0.25) is 6.54 Å². The van der Waals surface area contributed by atoms with Crippen molar-refractivity contribution in [1.29, 1.82) is 0 Å². The van der Waals surface area contributed by atoms with E-state index in [2.05, 4.69) is 41.9 Å². The highest BCUT2D eigenvalue weighted by Gasteiger charge is 2.07. The third-order valence-corrected chi connectivity index (χ3v) is 2.79. The summed E-state index contributed by atoms with van der Waals surface area (Å²) < 4.78 is 0. The average Bonchev–Trinajstić information content (AvgIpc) is 2.53. The Bertz CT molecular complexity index is 529. The maximum atomic E-state index is 6.80. The number of aromatic amines is 1.